The fraction of sp³-hybridized carbons (Fsp3) is 0.200. The van der Waals surface area contributed by atoms with Crippen molar-refractivity contribution in [2.75, 3.05) is 7.11 Å². The van der Waals surface area contributed by atoms with Gasteiger partial charge in [-0.2, -0.15) is 4.98 Å². The molecule has 0 spiro atoms. The fourth-order valence-corrected chi connectivity index (χ4v) is 3.60. The van der Waals surface area contributed by atoms with Crippen molar-refractivity contribution in [3.8, 4) is 28.7 Å². The number of nitrogens with zero attached hydrogens (tertiary/aromatic N) is 5. The molecule has 0 bridgehead atoms. The maximum absolute atomic E-state index is 14.0. The van der Waals surface area contributed by atoms with Crippen molar-refractivity contribution in [3.63, 3.8) is 0 Å². The number of aromatic nitrogens is 5. The highest BCUT2D eigenvalue weighted by Gasteiger charge is 2.28. The number of rotatable bonds is 4. The lowest BCUT2D eigenvalue weighted by atomic mass is 10.1. The zero-order chi connectivity index (χ0) is 20.7. The lowest BCUT2D eigenvalue weighted by Crippen LogP contribution is -2.22. The predicted octanol–water partition coefficient (Wildman–Crippen LogP) is 4.07. The Bertz CT molecular complexity index is 1220. The van der Waals surface area contributed by atoms with Crippen LogP contribution in [0.5, 0.6) is 5.75 Å². The largest absolute Gasteiger partial charge is 0.494 e. The Morgan fingerprint density at radius 3 is 2.90 bits per heavy atom. The molecule has 0 saturated heterocycles. The molecule has 0 N–H and O–H groups in total. The van der Waals surface area contributed by atoms with Gasteiger partial charge in [-0.3, -0.25) is 0 Å². The standard InChI is InChI=1S/C20H15ClFN5O3/c1-28-16-7-6-11(8-14(16)22)20-23-19(25-30-20)18-15-10-29-17(9-27(15)26-24-18)12-4-2-3-5-13(12)21/h2-8,17H,9-10H2,1H3. The molecule has 0 fully saturated rings. The zero-order valence-electron chi connectivity index (χ0n) is 15.7. The van der Waals surface area contributed by atoms with Crippen molar-refractivity contribution < 1.29 is 18.4 Å². The third-order valence-corrected chi connectivity index (χ3v) is 5.23. The maximum atomic E-state index is 14.0. The fourth-order valence-electron chi connectivity index (χ4n) is 3.35. The minimum atomic E-state index is -0.519. The molecule has 1 unspecified atom stereocenters. The van der Waals surface area contributed by atoms with E-state index in [1.54, 1.807) is 10.7 Å². The van der Waals surface area contributed by atoms with Crippen LogP contribution in [-0.4, -0.2) is 32.2 Å². The van der Waals surface area contributed by atoms with Crippen LogP contribution in [0.1, 0.15) is 17.4 Å². The van der Waals surface area contributed by atoms with Crippen LogP contribution in [0.4, 0.5) is 4.39 Å². The first kappa shape index (κ1) is 18.7. The van der Waals surface area contributed by atoms with Crippen molar-refractivity contribution >= 4 is 11.6 Å². The van der Waals surface area contributed by atoms with E-state index in [1.165, 1.54) is 19.2 Å². The Kier molecular flexibility index (Phi) is 4.68. The van der Waals surface area contributed by atoms with E-state index < -0.39 is 5.82 Å². The smallest absolute Gasteiger partial charge is 0.258 e. The lowest BCUT2D eigenvalue weighted by molar-refractivity contribution is -0.00106. The second-order valence-electron chi connectivity index (χ2n) is 6.66. The minimum absolute atomic E-state index is 0.135. The molecule has 2 aromatic carbocycles. The summed E-state index contributed by atoms with van der Waals surface area (Å²) in [5.41, 5.74) is 2.51. The Morgan fingerprint density at radius 2 is 2.10 bits per heavy atom. The van der Waals surface area contributed by atoms with Crippen molar-refractivity contribution in [1.29, 1.82) is 0 Å². The van der Waals surface area contributed by atoms with Crippen LogP contribution in [0.3, 0.4) is 0 Å². The highest BCUT2D eigenvalue weighted by molar-refractivity contribution is 6.31. The van der Waals surface area contributed by atoms with Crippen molar-refractivity contribution in [2.45, 2.75) is 19.3 Å². The molecule has 0 saturated carbocycles. The van der Waals surface area contributed by atoms with Crippen molar-refractivity contribution in [1.82, 2.24) is 25.1 Å². The summed E-state index contributed by atoms with van der Waals surface area (Å²) in [5, 5.41) is 13.0. The Balaban J connectivity index is 1.42. The Hall–Kier alpha value is -3.30. The van der Waals surface area contributed by atoms with E-state index in [-0.39, 0.29) is 30.2 Å². The van der Waals surface area contributed by atoms with Gasteiger partial charge >= 0.3 is 0 Å². The average Bonchev–Trinajstić information content (AvgIpc) is 3.40. The van der Waals surface area contributed by atoms with Gasteiger partial charge in [-0.1, -0.05) is 40.2 Å². The summed E-state index contributed by atoms with van der Waals surface area (Å²) < 4.78 is 31.9. The minimum Gasteiger partial charge on any atom is -0.494 e. The summed E-state index contributed by atoms with van der Waals surface area (Å²) in [5.74, 6) is 0.0344. The molecule has 1 aliphatic heterocycles. The summed E-state index contributed by atoms with van der Waals surface area (Å²) >= 11 is 6.28. The summed E-state index contributed by atoms with van der Waals surface area (Å²) in [6.07, 6.45) is -0.233. The average molecular weight is 428 g/mol. The third kappa shape index (κ3) is 3.21. The SMILES string of the molecule is COc1ccc(-c2nc(-c3nnn4c3COC(c3ccccc3Cl)C4)no2)cc1F. The van der Waals surface area contributed by atoms with Gasteiger partial charge in [0, 0.05) is 16.1 Å². The van der Waals surface area contributed by atoms with E-state index in [0.29, 0.717) is 22.8 Å². The van der Waals surface area contributed by atoms with Gasteiger partial charge in [0.15, 0.2) is 17.3 Å². The van der Waals surface area contributed by atoms with Crippen LogP contribution >= 0.6 is 11.6 Å². The number of methoxy groups -OCH3 is 1. The van der Waals surface area contributed by atoms with Gasteiger partial charge in [0.2, 0.25) is 5.82 Å². The molecule has 8 nitrogen and oxygen atoms in total. The van der Waals surface area contributed by atoms with Crippen LogP contribution in [-0.2, 0) is 17.9 Å². The van der Waals surface area contributed by atoms with Crippen LogP contribution < -0.4 is 4.74 Å². The molecule has 5 rings (SSSR count). The highest BCUT2D eigenvalue weighted by Crippen LogP contribution is 2.33. The second kappa shape index (κ2) is 7.51. The predicted molar refractivity (Wildman–Crippen MR) is 104 cm³/mol. The molecular formula is C20H15ClFN5O3. The number of ether oxygens (including phenoxy) is 2. The number of benzene rings is 2. The maximum Gasteiger partial charge on any atom is 0.258 e. The van der Waals surface area contributed by atoms with Crippen LogP contribution in [0.2, 0.25) is 5.02 Å². The monoisotopic (exact) mass is 427 g/mol. The van der Waals surface area contributed by atoms with E-state index >= 15 is 0 Å². The molecule has 152 valence electrons. The number of fused-ring (bicyclic) bond motifs is 1. The quantitative estimate of drug-likeness (QED) is 0.485. The first-order chi connectivity index (χ1) is 14.6. The molecule has 1 aliphatic rings. The van der Waals surface area contributed by atoms with E-state index in [1.807, 2.05) is 24.3 Å². The Morgan fingerprint density at radius 1 is 1.23 bits per heavy atom. The number of hydrogen-bond donors (Lipinski definition) is 0. The van der Waals surface area contributed by atoms with Gasteiger partial charge < -0.3 is 14.0 Å². The van der Waals surface area contributed by atoms with Gasteiger partial charge in [-0.05, 0) is 24.3 Å². The van der Waals surface area contributed by atoms with E-state index in [0.717, 1.165) is 11.3 Å². The van der Waals surface area contributed by atoms with Gasteiger partial charge in [-0.15, -0.1) is 5.10 Å². The Labute approximate surface area is 175 Å². The summed E-state index contributed by atoms with van der Waals surface area (Å²) in [7, 11) is 1.40. The van der Waals surface area contributed by atoms with E-state index in [2.05, 4.69) is 20.5 Å². The van der Waals surface area contributed by atoms with Crippen LogP contribution in [0.15, 0.2) is 47.0 Å². The van der Waals surface area contributed by atoms with Crippen molar-refractivity contribution in [2.24, 2.45) is 0 Å². The number of hydrogen-bond acceptors (Lipinski definition) is 7. The molecule has 1 atom stereocenters. The summed E-state index contributed by atoms with van der Waals surface area (Å²) in [4.78, 5) is 4.34. The zero-order valence-corrected chi connectivity index (χ0v) is 16.5. The van der Waals surface area contributed by atoms with Crippen LogP contribution in [0.25, 0.3) is 23.0 Å². The first-order valence-electron chi connectivity index (χ1n) is 9.10. The lowest BCUT2D eigenvalue weighted by Gasteiger charge is -2.24. The highest BCUT2D eigenvalue weighted by atomic mass is 35.5. The molecule has 0 radical (unpaired) electrons. The van der Waals surface area contributed by atoms with E-state index in [9.17, 15) is 4.39 Å². The topological polar surface area (TPSA) is 88.1 Å². The molecule has 10 heteroatoms. The first-order valence-corrected chi connectivity index (χ1v) is 9.48. The normalized spacial score (nSPS) is 15.8. The van der Waals surface area contributed by atoms with Gasteiger partial charge in [0.05, 0.1) is 26.0 Å². The van der Waals surface area contributed by atoms with Gasteiger partial charge in [0.1, 0.15) is 6.10 Å². The van der Waals surface area contributed by atoms with Gasteiger partial charge in [-0.25, -0.2) is 9.07 Å². The molecule has 30 heavy (non-hydrogen) atoms. The molecular weight excluding hydrogens is 413 g/mol. The van der Waals surface area contributed by atoms with Crippen molar-refractivity contribution in [3.05, 3.63) is 64.6 Å². The second-order valence-corrected chi connectivity index (χ2v) is 7.07. The molecule has 2 aromatic heterocycles. The van der Waals surface area contributed by atoms with Crippen LogP contribution in [0, 0.1) is 5.82 Å². The molecule has 4 aromatic rings. The van der Waals surface area contributed by atoms with E-state index in [4.69, 9.17) is 25.6 Å². The molecule has 0 amide bonds. The molecule has 0 aliphatic carbocycles. The van der Waals surface area contributed by atoms with Gasteiger partial charge in [0.25, 0.3) is 5.89 Å². The molecule has 3 heterocycles. The summed E-state index contributed by atoms with van der Waals surface area (Å²) in [6, 6.07) is 11.9. The third-order valence-electron chi connectivity index (χ3n) is 4.89. The summed E-state index contributed by atoms with van der Waals surface area (Å²) in [6.45, 7) is 0.722. The number of halogens is 2.